The van der Waals surface area contributed by atoms with Crippen LogP contribution >= 0.6 is 59.1 Å². The van der Waals surface area contributed by atoms with Crippen LogP contribution in [0.25, 0.3) is 0 Å². The van der Waals surface area contributed by atoms with Crippen LogP contribution in [0, 0.1) is 0 Å². The lowest BCUT2D eigenvalue weighted by Crippen LogP contribution is -2.51. The number of rotatable bonds is 3. The summed E-state index contributed by atoms with van der Waals surface area (Å²) in [6.45, 7) is 0. The molecule has 1 amide bonds. The second kappa shape index (κ2) is 6.37. The lowest BCUT2D eigenvalue weighted by molar-refractivity contribution is 0.0890. The molecule has 100 valence electrons. The SMILES string of the molecule is O=C(NC1(CBr)CCCCC1)c1cc(Br)c(Br)s1. The van der Waals surface area contributed by atoms with Crippen molar-refractivity contribution in [3.05, 3.63) is 19.2 Å². The summed E-state index contributed by atoms with van der Waals surface area (Å²) in [5.74, 6) is 0.0350. The molecule has 2 rings (SSSR count). The lowest BCUT2D eigenvalue weighted by Gasteiger charge is -2.36. The number of halogens is 3. The quantitative estimate of drug-likeness (QED) is 0.626. The summed E-state index contributed by atoms with van der Waals surface area (Å²) in [6.07, 6.45) is 5.81. The first-order valence-electron chi connectivity index (χ1n) is 5.90. The maximum atomic E-state index is 12.3. The monoisotopic (exact) mass is 457 g/mol. The number of amides is 1. The highest BCUT2D eigenvalue weighted by Crippen LogP contribution is 2.34. The maximum absolute atomic E-state index is 12.3. The minimum atomic E-state index is -0.0573. The van der Waals surface area contributed by atoms with Crippen LogP contribution in [0.15, 0.2) is 14.3 Å². The molecule has 1 fully saturated rings. The molecular weight excluding hydrogens is 446 g/mol. The topological polar surface area (TPSA) is 29.1 Å². The molecule has 0 aromatic carbocycles. The number of alkyl halides is 1. The summed E-state index contributed by atoms with van der Waals surface area (Å²) in [6, 6.07) is 1.87. The second-order valence-electron chi connectivity index (χ2n) is 4.66. The van der Waals surface area contributed by atoms with Gasteiger partial charge in [0.1, 0.15) is 0 Å². The summed E-state index contributed by atoms with van der Waals surface area (Å²) < 4.78 is 1.90. The van der Waals surface area contributed by atoms with E-state index in [2.05, 4.69) is 53.1 Å². The van der Waals surface area contributed by atoms with Gasteiger partial charge in [-0.25, -0.2) is 0 Å². The predicted molar refractivity (Wildman–Crippen MR) is 86.8 cm³/mol. The minimum absolute atomic E-state index is 0.0350. The maximum Gasteiger partial charge on any atom is 0.261 e. The Kier molecular flexibility index (Phi) is 5.31. The smallest absolute Gasteiger partial charge is 0.261 e. The Bertz CT molecular complexity index is 421. The predicted octanol–water partition coefficient (Wildman–Crippen LogP) is 5.10. The Hall–Kier alpha value is 0.610. The van der Waals surface area contributed by atoms with Crippen LogP contribution in [-0.2, 0) is 0 Å². The lowest BCUT2D eigenvalue weighted by atomic mass is 9.83. The van der Waals surface area contributed by atoms with Crippen molar-refractivity contribution in [2.45, 2.75) is 37.6 Å². The van der Waals surface area contributed by atoms with Crippen molar-refractivity contribution in [2.75, 3.05) is 5.33 Å². The standard InChI is InChI=1S/C12H14Br3NOS/c13-7-12(4-2-1-3-5-12)16-11(17)9-6-8(14)10(15)18-9/h6H,1-5,7H2,(H,16,17). The molecule has 6 heteroatoms. The van der Waals surface area contributed by atoms with Gasteiger partial charge in [-0.2, -0.15) is 0 Å². The van der Waals surface area contributed by atoms with Crippen LogP contribution in [-0.4, -0.2) is 16.8 Å². The molecule has 18 heavy (non-hydrogen) atoms. The van der Waals surface area contributed by atoms with Gasteiger partial charge in [-0.1, -0.05) is 35.2 Å². The van der Waals surface area contributed by atoms with E-state index in [1.807, 2.05) is 6.07 Å². The van der Waals surface area contributed by atoms with E-state index in [1.165, 1.54) is 30.6 Å². The summed E-state index contributed by atoms with van der Waals surface area (Å²) in [4.78, 5) is 13.0. The molecule has 2 nitrogen and oxygen atoms in total. The summed E-state index contributed by atoms with van der Waals surface area (Å²) in [5.41, 5.74) is -0.0573. The van der Waals surface area contributed by atoms with Crippen LogP contribution in [0.4, 0.5) is 0 Å². The molecule has 0 aliphatic heterocycles. The van der Waals surface area contributed by atoms with Gasteiger partial charge in [0.15, 0.2) is 0 Å². The van der Waals surface area contributed by atoms with Gasteiger partial charge < -0.3 is 5.32 Å². The highest BCUT2D eigenvalue weighted by atomic mass is 79.9. The highest BCUT2D eigenvalue weighted by Gasteiger charge is 2.33. The molecule has 1 aromatic heterocycles. The third-order valence-electron chi connectivity index (χ3n) is 3.31. The van der Waals surface area contributed by atoms with Gasteiger partial charge in [0.05, 0.1) is 14.2 Å². The number of nitrogens with one attached hydrogen (secondary N) is 1. The first kappa shape index (κ1) is 15.0. The fourth-order valence-corrected chi connectivity index (χ4v) is 4.91. The fraction of sp³-hybridized carbons (Fsp3) is 0.583. The van der Waals surface area contributed by atoms with Crippen molar-refractivity contribution in [1.29, 1.82) is 0 Å². The van der Waals surface area contributed by atoms with Gasteiger partial charge in [-0.3, -0.25) is 4.79 Å². The van der Waals surface area contributed by atoms with E-state index in [9.17, 15) is 4.79 Å². The van der Waals surface area contributed by atoms with Crippen molar-refractivity contribution >= 4 is 65.0 Å². The molecular formula is C12H14Br3NOS. The zero-order valence-corrected chi connectivity index (χ0v) is 15.3. The Morgan fingerprint density at radius 3 is 2.50 bits per heavy atom. The van der Waals surface area contributed by atoms with Crippen LogP contribution in [0.2, 0.25) is 0 Å². The summed E-state index contributed by atoms with van der Waals surface area (Å²) >= 11 is 11.9. The Morgan fingerprint density at radius 2 is 2.00 bits per heavy atom. The van der Waals surface area contributed by atoms with Crippen molar-refractivity contribution in [2.24, 2.45) is 0 Å². The third kappa shape index (κ3) is 3.38. The van der Waals surface area contributed by atoms with E-state index in [4.69, 9.17) is 0 Å². The third-order valence-corrected chi connectivity index (χ3v) is 7.64. The van der Waals surface area contributed by atoms with E-state index >= 15 is 0 Å². The Labute approximate surface area is 136 Å². The molecule has 0 atom stereocenters. The number of carbonyl (C=O) groups excluding carboxylic acids is 1. The van der Waals surface area contributed by atoms with Gasteiger partial charge in [0, 0.05) is 9.80 Å². The van der Waals surface area contributed by atoms with Gasteiger partial charge in [-0.15, -0.1) is 11.3 Å². The Morgan fingerprint density at radius 1 is 1.33 bits per heavy atom. The molecule has 1 aromatic rings. The largest absolute Gasteiger partial charge is 0.345 e. The van der Waals surface area contributed by atoms with Gasteiger partial charge in [0.2, 0.25) is 0 Å². The minimum Gasteiger partial charge on any atom is -0.345 e. The Balaban J connectivity index is 2.09. The first-order valence-corrected chi connectivity index (χ1v) is 9.42. The normalized spacial score (nSPS) is 18.6. The van der Waals surface area contributed by atoms with Crippen molar-refractivity contribution in [3.8, 4) is 0 Å². The number of thiophene rings is 1. The zero-order valence-electron chi connectivity index (χ0n) is 9.77. The van der Waals surface area contributed by atoms with Crippen LogP contribution in [0.1, 0.15) is 41.8 Å². The van der Waals surface area contributed by atoms with E-state index in [0.717, 1.165) is 31.3 Å². The average molecular weight is 460 g/mol. The van der Waals surface area contributed by atoms with Crippen LogP contribution in [0.3, 0.4) is 0 Å². The first-order chi connectivity index (χ1) is 8.56. The second-order valence-corrected chi connectivity index (χ2v) is 8.45. The molecule has 1 saturated carbocycles. The van der Waals surface area contributed by atoms with E-state index < -0.39 is 0 Å². The number of hydrogen-bond donors (Lipinski definition) is 1. The fourth-order valence-electron chi connectivity index (χ4n) is 2.28. The molecule has 1 heterocycles. The summed E-state index contributed by atoms with van der Waals surface area (Å²) in [7, 11) is 0. The van der Waals surface area contributed by atoms with Crippen LogP contribution in [0.5, 0.6) is 0 Å². The molecule has 0 unspecified atom stereocenters. The van der Waals surface area contributed by atoms with Gasteiger partial charge >= 0.3 is 0 Å². The number of carbonyl (C=O) groups is 1. The molecule has 0 saturated heterocycles. The van der Waals surface area contributed by atoms with Gasteiger partial charge in [-0.05, 0) is 50.8 Å². The highest BCUT2D eigenvalue weighted by molar-refractivity contribution is 9.13. The van der Waals surface area contributed by atoms with E-state index in [0.29, 0.717) is 0 Å². The molecule has 1 aliphatic carbocycles. The molecule has 0 radical (unpaired) electrons. The van der Waals surface area contributed by atoms with Crippen molar-refractivity contribution < 1.29 is 4.79 Å². The molecule has 1 N–H and O–H groups in total. The number of hydrogen-bond acceptors (Lipinski definition) is 2. The average Bonchev–Trinajstić information content (AvgIpc) is 2.71. The van der Waals surface area contributed by atoms with Crippen LogP contribution < -0.4 is 5.32 Å². The zero-order chi connectivity index (χ0) is 13.2. The molecule has 1 aliphatic rings. The van der Waals surface area contributed by atoms with Crippen molar-refractivity contribution in [1.82, 2.24) is 5.32 Å². The molecule has 0 bridgehead atoms. The van der Waals surface area contributed by atoms with Gasteiger partial charge in [0.25, 0.3) is 5.91 Å². The summed E-state index contributed by atoms with van der Waals surface area (Å²) in [5, 5.41) is 4.05. The van der Waals surface area contributed by atoms with E-state index in [-0.39, 0.29) is 11.4 Å². The van der Waals surface area contributed by atoms with Crippen molar-refractivity contribution in [3.63, 3.8) is 0 Å². The molecule has 0 spiro atoms. The van der Waals surface area contributed by atoms with E-state index in [1.54, 1.807) is 0 Å².